The molecule has 1 aliphatic carbocycles. The number of hydrogen-bond acceptors (Lipinski definition) is 3. The van der Waals surface area contributed by atoms with Crippen LogP contribution < -0.4 is 0 Å². The van der Waals surface area contributed by atoms with Crippen molar-refractivity contribution in [1.29, 1.82) is 0 Å². The summed E-state index contributed by atoms with van der Waals surface area (Å²) in [5.74, 6) is 0. The Kier molecular flexibility index (Phi) is 9.24. The normalized spacial score (nSPS) is 13.1. The molecular formula is C72H42N6S. The molecule has 1 aliphatic heterocycles. The minimum Gasteiger partial charge on any atom is -0.309 e. The molecule has 17 rings (SSSR count). The first kappa shape index (κ1) is 43.9. The van der Waals surface area contributed by atoms with E-state index in [4.69, 9.17) is 16.5 Å². The molecule has 6 heterocycles. The summed E-state index contributed by atoms with van der Waals surface area (Å²) in [7, 11) is 0. The summed E-state index contributed by atoms with van der Waals surface area (Å²) >= 11 is 1.84. The molecule has 0 N–H and O–H groups in total. The fraction of sp³-hybridized carbons (Fsp3) is 0.0139. The molecule has 0 radical (unpaired) electrons. The molecule has 79 heavy (non-hydrogen) atoms. The van der Waals surface area contributed by atoms with Crippen LogP contribution in [-0.2, 0) is 5.41 Å². The van der Waals surface area contributed by atoms with Crippen LogP contribution in [0.4, 0.5) is 5.69 Å². The third-order valence-corrected chi connectivity index (χ3v) is 17.9. The SMILES string of the molecule is [C-]#[N+]c1ccc2c(c1)c1cc(-c3ccc4c(c3)Sc3ccc(-c5ccc6c(c5)c5ccccc5n6-c5ccccc5)cc3C43c4cccnc4-c4ncccc43)ccc1n2-c1ccc(-n2c3ccccc3c3ccccc32)cc1. The fourth-order valence-corrected chi connectivity index (χ4v) is 14.7. The largest absolute Gasteiger partial charge is 0.309 e. The maximum Gasteiger partial charge on any atom is 0.188 e. The summed E-state index contributed by atoms with van der Waals surface area (Å²) in [5.41, 5.74) is 21.3. The summed E-state index contributed by atoms with van der Waals surface area (Å²) < 4.78 is 7.07. The molecule has 366 valence electrons. The zero-order valence-electron chi connectivity index (χ0n) is 42.3. The Labute approximate surface area is 458 Å². The molecule has 0 unspecified atom stereocenters. The molecule has 0 saturated carbocycles. The smallest absolute Gasteiger partial charge is 0.188 e. The second-order valence-electron chi connectivity index (χ2n) is 20.8. The van der Waals surface area contributed by atoms with Crippen LogP contribution in [0.5, 0.6) is 0 Å². The van der Waals surface area contributed by atoms with E-state index in [9.17, 15) is 0 Å². The van der Waals surface area contributed by atoms with Crippen LogP contribution >= 0.6 is 11.8 Å². The van der Waals surface area contributed by atoms with Gasteiger partial charge in [-0.25, -0.2) is 4.85 Å². The van der Waals surface area contributed by atoms with Crippen molar-refractivity contribution in [2.24, 2.45) is 0 Å². The number of aromatic nitrogens is 5. The predicted octanol–water partition coefficient (Wildman–Crippen LogP) is 18.5. The maximum absolute atomic E-state index is 8.03. The monoisotopic (exact) mass is 1020 g/mol. The van der Waals surface area contributed by atoms with Crippen molar-refractivity contribution < 1.29 is 0 Å². The van der Waals surface area contributed by atoms with Crippen molar-refractivity contribution in [3.63, 3.8) is 0 Å². The first-order valence-electron chi connectivity index (χ1n) is 26.6. The van der Waals surface area contributed by atoms with Gasteiger partial charge in [0.05, 0.1) is 56.5 Å². The predicted molar refractivity (Wildman–Crippen MR) is 324 cm³/mol. The molecule has 2 aliphatic rings. The van der Waals surface area contributed by atoms with Crippen LogP contribution in [0.15, 0.2) is 265 Å². The summed E-state index contributed by atoms with van der Waals surface area (Å²) in [6.45, 7) is 8.03. The van der Waals surface area contributed by atoms with Gasteiger partial charge in [0.1, 0.15) is 0 Å². The summed E-state index contributed by atoms with van der Waals surface area (Å²) in [4.78, 5) is 16.4. The lowest BCUT2D eigenvalue weighted by Gasteiger charge is -2.39. The molecule has 0 fully saturated rings. The lowest BCUT2D eigenvalue weighted by Crippen LogP contribution is -2.32. The number of para-hydroxylation sites is 4. The molecule has 6 nitrogen and oxygen atoms in total. The number of pyridine rings is 2. The summed E-state index contributed by atoms with van der Waals surface area (Å²) in [6, 6.07) is 88.2. The second kappa shape index (κ2) is 16.6. The van der Waals surface area contributed by atoms with E-state index in [2.05, 4.69) is 249 Å². The average Bonchev–Trinajstić information content (AvgIpc) is 4.34. The van der Waals surface area contributed by atoms with Gasteiger partial charge in [-0.05, 0) is 171 Å². The van der Waals surface area contributed by atoms with Gasteiger partial charge in [0, 0.05) is 66.2 Å². The van der Waals surface area contributed by atoms with Crippen molar-refractivity contribution in [1.82, 2.24) is 23.7 Å². The van der Waals surface area contributed by atoms with E-state index in [0.29, 0.717) is 5.69 Å². The lowest BCUT2D eigenvalue weighted by molar-refractivity contribution is 0.720. The molecule has 15 aromatic rings. The van der Waals surface area contributed by atoms with Gasteiger partial charge in [0.2, 0.25) is 0 Å². The third-order valence-electron chi connectivity index (χ3n) is 16.8. The zero-order chi connectivity index (χ0) is 51.9. The quantitative estimate of drug-likeness (QED) is 0.161. The van der Waals surface area contributed by atoms with Gasteiger partial charge < -0.3 is 13.7 Å². The molecule has 10 aromatic carbocycles. The minimum atomic E-state index is -0.671. The van der Waals surface area contributed by atoms with Gasteiger partial charge in [-0.3, -0.25) is 9.97 Å². The highest BCUT2D eigenvalue weighted by molar-refractivity contribution is 7.99. The van der Waals surface area contributed by atoms with Crippen molar-refractivity contribution in [3.8, 4) is 50.7 Å². The van der Waals surface area contributed by atoms with Crippen LogP contribution in [0.2, 0.25) is 0 Å². The van der Waals surface area contributed by atoms with E-state index in [0.717, 1.165) is 78.1 Å². The highest BCUT2D eigenvalue weighted by atomic mass is 32.2. The molecule has 1 spiro atoms. The topological polar surface area (TPSA) is 44.9 Å². The molecule has 7 heteroatoms. The Hall–Kier alpha value is -10.3. The highest BCUT2D eigenvalue weighted by Gasteiger charge is 2.51. The van der Waals surface area contributed by atoms with E-state index < -0.39 is 5.41 Å². The Morgan fingerprint density at radius 1 is 0.329 bits per heavy atom. The number of fused-ring (bicyclic) bond motifs is 18. The second-order valence-corrected chi connectivity index (χ2v) is 21.8. The van der Waals surface area contributed by atoms with Crippen molar-refractivity contribution >= 4 is 82.9 Å². The Balaban J connectivity index is 0.805. The number of nitrogens with zero attached hydrogens (tertiary/aromatic N) is 6. The van der Waals surface area contributed by atoms with Crippen LogP contribution in [0.25, 0.3) is 121 Å². The average molecular weight is 1020 g/mol. The Morgan fingerprint density at radius 3 is 1.35 bits per heavy atom. The van der Waals surface area contributed by atoms with Crippen molar-refractivity contribution in [2.45, 2.75) is 15.2 Å². The van der Waals surface area contributed by atoms with Crippen LogP contribution in [0, 0.1) is 6.57 Å². The summed E-state index contributed by atoms with van der Waals surface area (Å²) in [5, 5.41) is 7.08. The molecular weight excluding hydrogens is 981 g/mol. The standard InChI is InChI=1S/C72H42N6S/c1-73-48-27-35-67-57(43-48)56-40-45(25-34-66(56)78(67)51-30-28-50(29-31-51)77-62-20-8-5-15-52(62)53-16-6-9-21-63(53)77)47-23-32-58-69(42-47)79-68-36-26-46(41-61(68)72(58)59-18-11-37-74-70(59)71-60(72)19-12-38-75-71)44-24-33-65-55(39-44)54-17-7-10-22-64(54)76(65)49-13-3-2-4-14-49/h2-43H. The van der Waals surface area contributed by atoms with E-state index in [1.165, 1.54) is 70.1 Å². The van der Waals surface area contributed by atoms with Gasteiger partial charge in [0.15, 0.2) is 5.69 Å². The molecule has 0 saturated heterocycles. The Bertz CT molecular complexity index is 5030. The maximum atomic E-state index is 8.03. The van der Waals surface area contributed by atoms with Crippen molar-refractivity contribution in [2.75, 3.05) is 0 Å². The van der Waals surface area contributed by atoms with E-state index in [-0.39, 0.29) is 0 Å². The van der Waals surface area contributed by atoms with E-state index >= 15 is 0 Å². The third kappa shape index (κ3) is 6.17. The Morgan fingerprint density at radius 2 is 0.772 bits per heavy atom. The highest BCUT2D eigenvalue weighted by Crippen LogP contribution is 2.62. The van der Waals surface area contributed by atoms with Crippen LogP contribution in [-0.4, -0.2) is 23.7 Å². The molecule has 0 amide bonds. The first-order valence-corrected chi connectivity index (χ1v) is 27.5. The van der Waals surface area contributed by atoms with Crippen LogP contribution in [0.3, 0.4) is 0 Å². The van der Waals surface area contributed by atoms with Crippen LogP contribution in [0.1, 0.15) is 22.3 Å². The van der Waals surface area contributed by atoms with Gasteiger partial charge >= 0.3 is 0 Å². The molecule has 0 bridgehead atoms. The first-order chi connectivity index (χ1) is 39.1. The molecule has 5 aromatic heterocycles. The van der Waals surface area contributed by atoms with Crippen molar-refractivity contribution in [3.05, 3.63) is 289 Å². The van der Waals surface area contributed by atoms with E-state index in [1.54, 1.807) is 0 Å². The lowest BCUT2D eigenvalue weighted by atomic mass is 9.67. The number of benzene rings is 10. The number of rotatable bonds is 5. The minimum absolute atomic E-state index is 0.619. The van der Waals surface area contributed by atoms with E-state index in [1.807, 2.05) is 36.3 Å². The van der Waals surface area contributed by atoms with Gasteiger partial charge in [0.25, 0.3) is 0 Å². The summed E-state index contributed by atoms with van der Waals surface area (Å²) in [6.07, 6.45) is 3.79. The van der Waals surface area contributed by atoms with Gasteiger partial charge in [-0.1, -0.05) is 133 Å². The molecule has 0 atom stereocenters. The number of hydrogen-bond donors (Lipinski definition) is 0. The van der Waals surface area contributed by atoms with Gasteiger partial charge in [-0.15, -0.1) is 0 Å². The van der Waals surface area contributed by atoms with Gasteiger partial charge in [-0.2, -0.15) is 0 Å². The zero-order valence-corrected chi connectivity index (χ0v) is 43.2. The fourth-order valence-electron chi connectivity index (χ4n) is 13.5.